The van der Waals surface area contributed by atoms with Crippen LogP contribution in [0.15, 0.2) is 24.0 Å². The lowest BCUT2D eigenvalue weighted by Gasteiger charge is -2.34. The SMILES string of the molecule is CCC(CC)OC1(OC)C=CC=C(OC)C1. The zero-order chi connectivity index (χ0) is 12.0. The van der Waals surface area contributed by atoms with Crippen molar-refractivity contribution in [1.29, 1.82) is 0 Å². The lowest BCUT2D eigenvalue weighted by atomic mass is 10.0. The van der Waals surface area contributed by atoms with Gasteiger partial charge in [0.15, 0.2) is 5.79 Å². The molecule has 1 aliphatic rings. The Labute approximate surface area is 98.1 Å². The number of hydrogen-bond acceptors (Lipinski definition) is 3. The maximum absolute atomic E-state index is 6.03. The van der Waals surface area contributed by atoms with Crippen LogP contribution >= 0.6 is 0 Å². The van der Waals surface area contributed by atoms with Crippen molar-refractivity contribution in [3.63, 3.8) is 0 Å². The van der Waals surface area contributed by atoms with Crippen molar-refractivity contribution in [2.75, 3.05) is 14.2 Å². The van der Waals surface area contributed by atoms with Crippen LogP contribution < -0.4 is 0 Å². The van der Waals surface area contributed by atoms with Gasteiger partial charge in [-0.2, -0.15) is 0 Å². The summed E-state index contributed by atoms with van der Waals surface area (Å²) in [6.45, 7) is 4.24. The van der Waals surface area contributed by atoms with Gasteiger partial charge in [-0.25, -0.2) is 0 Å². The highest BCUT2D eigenvalue weighted by atomic mass is 16.7. The topological polar surface area (TPSA) is 27.7 Å². The summed E-state index contributed by atoms with van der Waals surface area (Å²) in [7, 11) is 3.34. The predicted octanol–water partition coefficient (Wildman–Crippen LogP) is 3.02. The molecule has 0 saturated carbocycles. The van der Waals surface area contributed by atoms with Crippen LogP contribution in [0.1, 0.15) is 33.1 Å². The average Bonchev–Trinajstić information content (AvgIpc) is 2.36. The Bertz CT molecular complexity index is 266. The van der Waals surface area contributed by atoms with Crippen LogP contribution in [-0.2, 0) is 14.2 Å². The standard InChI is InChI=1S/C13H22O3/c1-5-11(6-2)16-13(15-4)9-7-8-12(10-13)14-3/h7-9,11H,5-6,10H2,1-4H3. The Morgan fingerprint density at radius 1 is 1.31 bits per heavy atom. The zero-order valence-corrected chi connectivity index (χ0v) is 10.7. The smallest absolute Gasteiger partial charge is 0.195 e. The van der Waals surface area contributed by atoms with E-state index in [0.29, 0.717) is 6.42 Å². The molecular weight excluding hydrogens is 204 g/mol. The summed E-state index contributed by atoms with van der Waals surface area (Å²) >= 11 is 0. The Morgan fingerprint density at radius 2 is 2.00 bits per heavy atom. The summed E-state index contributed by atoms with van der Waals surface area (Å²) in [6, 6.07) is 0. The molecule has 0 fully saturated rings. The Balaban J connectivity index is 2.72. The lowest BCUT2D eigenvalue weighted by Crippen LogP contribution is -2.38. The molecule has 1 unspecified atom stereocenters. The van der Waals surface area contributed by atoms with E-state index in [1.165, 1.54) is 0 Å². The molecule has 92 valence electrons. The van der Waals surface area contributed by atoms with Gasteiger partial charge < -0.3 is 14.2 Å². The molecule has 0 radical (unpaired) electrons. The molecule has 0 aromatic carbocycles. The maximum atomic E-state index is 6.03. The third-order valence-electron chi connectivity index (χ3n) is 2.94. The number of hydrogen-bond donors (Lipinski definition) is 0. The van der Waals surface area contributed by atoms with Crippen LogP contribution in [0.25, 0.3) is 0 Å². The molecule has 0 heterocycles. The van der Waals surface area contributed by atoms with E-state index in [1.807, 2.05) is 18.2 Å². The minimum absolute atomic E-state index is 0.223. The van der Waals surface area contributed by atoms with Crippen LogP contribution in [0.5, 0.6) is 0 Å². The highest BCUT2D eigenvalue weighted by Crippen LogP contribution is 2.30. The third-order valence-corrected chi connectivity index (χ3v) is 2.94. The lowest BCUT2D eigenvalue weighted by molar-refractivity contribution is -0.218. The minimum Gasteiger partial charge on any atom is -0.501 e. The van der Waals surface area contributed by atoms with Crippen LogP contribution in [0.2, 0.25) is 0 Å². The fraction of sp³-hybridized carbons (Fsp3) is 0.692. The van der Waals surface area contributed by atoms with E-state index < -0.39 is 5.79 Å². The predicted molar refractivity (Wildman–Crippen MR) is 64.0 cm³/mol. The molecule has 1 rings (SSSR count). The van der Waals surface area contributed by atoms with Gasteiger partial charge in [0, 0.05) is 7.11 Å². The summed E-state index contributed by atoms with van der Waals surface area (Å²) in [5.74, 6) is 0.229. The maximum Gasteiger partial charge on any atom is 0.195 e. The summed E-state index contributed by atoms with van der Waals surface area (Å²) in [6.07, 6.45) is 8.65. The summed E-state index contributed by atoms with van der Waals surface area (Å²) in [5.41, 5.74) is 0. The molecular formula is C13H22O3. The molecule has 0 spiro atoms. The third kappa shape index (κ3) is 3.09. The number of methoxy groups -OCH3 is 2. The fourth-order valence-electron chi connectivity index (χ4n) is 1.81. The van der Waals surface area contributed by atoms with Gasteiger partial charge in [0.1, 0.15) is 5.76 Å². The minimum atomic E-state index is -0.656. The van der Waals surface area contributed by atoms with Gasteiger partial charge in [-0.05, 0) is 25.0 Å². The van der Waals surface area contributed by atoms with Crippen molar-refractivity contribution in [1.82, 2.24) is 0 Å². The fourth-order valence-corrected chi connectivity index (χ4v) is 1.81. The van der Waals surface area contributed by atoms with E-state index in [9.17, 15) is 0 Å². The molecule has 3 nitrogen and oxygen atoms in total. The van der Waals surface area contributed by atoms with Crippen molar-refractivity contribution in [3.8, 4) is 0 Å². The first-order chi connectivity index (χ1) is 7.69. The Morgan fingerprint density at radius 3 is 2.50 bits per heavy atom. The molecule has 3 heteroatoms. The van der Waals surface area contributed by atoms with Gasteiger partial charge in [0.25, 0.3) is 0 Å². The van der Waals surface area contributed by atoms with Crippen LogP contribution in [-0.4, -0.2) is 26.1 Å². The summed E-state index contributed by atoms with van der Waals surface area (Å²) < 4.78 is 16.8. The highest BCUT2D eigenvalue weighted by Gasteiger charge is 2.33. The van der Waals surface area contributed by atoms with Crippen molar-refractivity contribution in [3.05, 3.63) is 24.0 Å². The molecule has 16 heavy (non-hydrogen) atoms. The number of allylic oxidation sites excluding steroid dienone is 2. The monoisotopic (exact) mass is 226 g/mol. The first-order valence-electron chi connectivity index (χ1n) is 5.85. The van der Waals surface area contributed by atoms with Crippen molar-refractivity contribution < 1.29 is 14.2 Å². The molecule has 1 atom stereocenters. The van der Waals surface area contributed by atoms with E-state index in [2.05, 4.69) is 13.8 Å². The van der Waals surface area contributed by atoms with Crippen LogP contribution in [0.4, 0.5) is 0 Å². The van der Waals surface area contributed by atoms with E-state index in [0.717, 1.165) is 18.6 Å². The highest BCUT2D eigenvalue weighted by molar-refractivity contribution is 5.20. The van der Waals surface area contributed by atoms with Crippen LogP contribution in [0.3, 0.4) is 0 Å². The van der Waals surface area contributed by atoms with Crippen molar-refractivity contribution in [2.45, 2.75) is 45.0 Å². The molecule has 0 amide bonds. The molecule has 0 aromatic heterocycles. The second kappa shape index (κ2) is 6.06. The van der Waals surface area contributed by atoms with Gasteiger partial charge in [0.2, 0.25) is 0 Å². The molecule has 0 bridgehead atoms. The molecule has 1 aliphatic carbocycles. The first kappa shape index (κ1) is 13.3. The Hall–Kier alpha value is -0.800. The quantitative estimate of drug-likeness (QED) is 0.651. The van der Waals surface area contributed by atoms with E-state index in [1.54, 1.807) is 14.2 Å². The first-order valence-corrected chi connectivity index (χ1v) is 5.85. The van der Waals surface area contributed by atoms with Crippen LogP contribution in [0, 0.1) is 0 Å². The van der Waals surface area contributed by atoms with Gasteiger partial charge in [0.05, 0.1) is 19.6 Å². The second-order valence-electron chi connectivity index (χ2n) is 3.95. The van der Waals surface area contributed by atoms with E-state index in [-0.39, 0.29) is 6.10 Å². The number of rotatable bonds is 6. The average molecular weight is 226 g/mol. The molecule has 0 saturated heterocycles. The largest absolute Gasteiger partial charge is 0.501 e. The molecule has 0 aliphatic heterocycles. The summed E-state index contributed by atoms with van der Waals surface area (Å²) in [5, 5.41) is 0. The normalized spacial score (nSPS) is 24.7. The molecule has 0 N–H and O–H groups in total. The van der Waals surface area contributed by atoms with Crippen molar-refractivity contribution >= 4 is 0 Å². The van der Waals surface area contributed by atoms with Gasteiger partial charge in [-0.15, -0.1) is 0 Å². The van der Waals surface area contributed by atoms with E-state index in [4.69, 9.17) is 14.2 Å². The van der Waals surface area contributed by atoms with E-state index >= 15 is 0 Å². The Kier molecular flexibility index (Phi) is 5.03. The van der Waals surface area contributed by atoms with Gasteiger partial charge in [-0.1, -0.05) is 19.9 Å². The van der Waals surface area contributed by atoms with Gasteiger partial charge >= 0.3 is 0 Å². The second-order valence-corrected chi connectivity index (χ2v) is 3.95. The van der Waals surface area contributed by atoms with Gasteiger partial charge in [-0.3, -0.25) is 0 Å². The number of ether oxygens (including phenoxy) is 3. The zero-order valence-electron chi connectivity index (χ0n) is 10.7. The summed E-state index contributed by atoms with van der Waals surface area (Å²) in [4.78, 5) is 0. The van der Waals surface area contributed by atoms with Crippen molar-refractivity contribution in [2.24, 2.45) is 0 Å². The molecule has 0 aromatic rings.